The second-order valence-corrected chi connectivity index (χ2v) is 8.49. The van der Waals surface area contributed by atoms with Crippen LogP contribution < -0.4 is 10.8 Å². The normalized spacial score (nSPS) is 12.3. The van der Waals surface area contributed by atoms with Gasteiger partial charge in [0.05, 0.1) is 11.0 Å². The third kappa shape index (κ3) is 4.36. The zero-order valence-corrected chi connectivity index (χ0v) is 17.5. The number of halogens is 1. The second kappa shape index (κ2) is 7.76. The van der Waals surface area contributed by atoms with Gasteiger partial charge >= 0.3 is 0 Å². The lowest BCUT2D eigenvalue weighted by atomic mass is 9.86. The molecule has 0 atom stereocenters. The number of anilines is 1. The molecule has 0 saturated heterocycles. The van der Waals surface area contributed by atoms with Crippen molar-refractivity contribution in [3.63, 3.8) is 0 Å². The van der Waals surface area contributed by atoms with Crippen LogP contribution in [0.25, 0.3) is 22.3 Å². The molecule has 1 aromatic heterocycles. The maximum absolute atomic E-state index is 6.22. The van der Waals surface area contributed by atoms with Gasteiger partial charge in [-0.3, -0.25) is 5.43 Å². The number of nitrogens with one attached hydrogen (secondary N) is 1. The summed E-state index contributed by atoms with van der Waals surface area (Å²) in [4.78, 5) is 0. The zero-order chi connectivity index (χ0) is 20.4. The van der Waals surface area contributed by atoms with Crippen LogP contribution in [0.1, 0.15) is 26.3 Å². The van der Waals surface area contributed by atoms with Crippen LogP contribution in [0.15, 0.2) is 88.4 Å². The predicted molar refractivity (Wildman–Crippen MR) is 121 cm³/mol. The third-order valence-corrected chi connectivity index (χ3v) is 5.06. The standard InChI is InChI=1S/C25H23ClN2O/c1-25(2,3)18-11-9-17(10-12-18)24-16-22(28-27-20-7-5-4-6-8-20)21-15-19(26)13-14-23(21)29-24/h4-16,27H,1-3H3. The molecule has 0 bridgehead atoms. The number of nitrogens with zero attached hydrogens (tertiary/aromatic N) is 1. The summed E-state index contributed by atoms with van der Waals surface area (Å²) < 4.78 is 6.17. The average molecular weight is 403 g/mol. The number of rotatable bonds is 3. The molecular formula is C25H23ClN2O. The molecule has 1 heterocycles. The summed E-state index contributed by atoms with van der Waals surface area (Å²) in [6.07, 6.45) is 0. The Labute approximate surface area is 175 Å². The molecule has 29 heavy (non-hydrogen) atoms. The fourth-order valence-electron chi connectivity index (χ4n) is 3.15. The van der Waals surface area contributed by atoms with Crippen molar-refractivity contribution in [2.24, 2.45) is 5.10 Å². The number of para-hydroxylation sites is 1. The van der Waals surface area contributed by atoms with Crippen LogP contribution in [-0.2, 0) is 5.41 Å². The Kier molecular flexibility index (Phi) is 5.16. The van der Waals surface area contributed by atoms with E-state index < -0.39 is 0 Å². The van der Waals surface area contributed by atoms with E-state index in [1.165, 1.54) is 5.56 Å². The summed E-state index contributed by atoms with van der Waals surface area (Å²) in [5.74, 6) is 0.758. The highest BCUT2D eigenvalue weighted by Crippen LogP contribution is 2.27. The van der Waals surface area contributed by atoms with Gasteiger partial charge in [-0.2, -0.15) is 5.10 Å². The lowest BCUT2D eigenvalue weighted by Crippen LogP contribution is -2.10. The van der Waals surface area contributed by atoms with Crippen molar-refractivity contribution < 1.29 is 4.42 Å². The Bertz CT molecular complexity index is 1200. The van der Waals surface area contributed by atoms with E-state index in [2.05, 4.69) is 55.6 Å². The smallest absolute Gasteiger partial charge is 0.137 e. The van der Waals surface area contributed by atoms with Crippen LogP contribution in [0.5, 0.6) is 0 Å². The predicted octanol–water partition coefficient (Wildman–Crippen LogP) is 6.98. The van der Waals surface area contributed by atoms with E-state index in [0.29, 0.717) is 5.02 Å². The number of hydrogen-bond donors (Lipinski definition) is 1. The molecule has 0 spiro atoms. The van der Waals surface area contributed by atoms with Crippen molar-refractivity contribution in [3.8, 4) is 11.3 Å². The molecule has 1 N–H and O–H groups in total. The monoisotopic (exact) mass is 402 g/mol. The van der Waals surface area contributed by atoms with Crippen LogP contribution in [0.2, 0.25) is 5.02 Å². The third-order valence-electron chi connectivity index (χ3n) is 4.82. The molecule has 3 aromatic carbocycles. The van der Waals surface area contributed by atoms with Crippen LogP contribution in [0, 0.1) is 0 Å². The molecule has 3 nitrogen and oxygen atoms in total. The molecule has 0 aliphatic heterocycles. The van der Waals surface area contributed by atoms with Crippen molar-refractivity contribution in [2.75, 3.05) is 5.43 Å². The molecule has 4 aromatic rings. The Morgan fingerprint density at radius 3 is 2.28 bits per heavy atom. The zero-order valence-electron chi connectivity index (χ0n) is 16.7. The van der Waals surface area contributed by atoms with E-state index in [-0.39, 0.29) is 5.41 Å². The average Bonchev–Trinajstić information content (AvgIpc) is 2.72. The number of fused-ring (bicyclic) bond motifs is 1. The summed E-state index contributed by atoms with van der Waals surface area (Å²) in [6, 6.07) is 25.9. The molecular weight excluding hydrogens is 380 g/mol. The highest BCUT2D eigenvalue weighted by molar-refractivity contribution is 6.31. The summed E-state index contributed by atoms with van der Waals surface area (Å²) in [5, 5.41) is 6.89. The molecule has 0 radical (unpaired) electrons. The van der Waals surface area contributed by atoms with Crippen molar-refractivity contribution in [1.29, 1.82) is 0 Å². The van der Waals surface area contributed by atoms with Gasteiger partial charge < -0.3 is 4.42 Å². The molecule has 0 aliphatic carbocycles. The molecule has 0 fully saturated rings. The SMILES string of the molecule is CC(C)(C)c1ccc(-c2cc(=NNc3ccccc3)c3cc(Cl)ccc3o2)cc1. The molecule has 4 heteroatoms. The fraction of sp³-hybridized carbons (Fsp3) is 0.160. The Balaban J connectivity index is 1.83. The van der Waals surface area contributed by atoms with Crippen LogP contribution in [0.4, 0.5) is 5.69 Å². The molecule has 0 saturated carbocycles. The molecule has 0 amide bonds. The van der Waals surface area contributed by atoms with Crippen LogP contribution in [-0.4, -0.2) is 0 Å². The maximum Gasteiger partial charge on any atom is 0.137 e. The van der Waals surface area contributed by atoms with Gasteiger partial charge in [0.15, 0.2) is 0 Å². The molecule has 4 rings (SSSR count). The van der Waals surface area contributed by atoms with Crippen molar-refractivity contribution in [1.82, 2.24) is 0 Å². The van der Waals surface area contributed by atoms with Gasteiger partial charge in [0, 0.05) is 22.0 Å². The van der Waals surface area contributed by atoms with Gasteiger partial charge in [-0.15, -0.1) is 0 Å². The summed E-state index contributed by atoms with van der Waals surface area (Å²) in [6.45, 7) is 6.62. The minimum absolute atomic E-state index is 0.107. The maximum atomic E-state index is 6.22. The van der Waals surface area contributed by atoms with Crippen molar-refractivity contribution in [3.05, 3.63) is 94.8 Å². The summed E-state index contributed by atoms with van der Waals surface area (Å²) >= 11 is 6.22. The van der Waals surface area contributed by atoms with Crippen molar-refractivity contribution >= 4 is 28.3 Å². The topological polar surface area (TPSA) is 37.5 Å². The Morgan fingerprint density at radius 1 is 0.862 bits per heavy atom. The van der Waals surface area contributed by atoms with E-state index in [1.807, 2.05) is 54.6 Å². The minimum Gasteiger partial charge on any atom is -0.456 e. The van der Waals surface area contributed by atoms with Gasteiger partial charge in [0.2, 0.25) is 0 Å². The summed E-state index contributed by atoms with van der Waals surface area (Å²) in [5.41, 5.74) is 7.17. The lowest BCUT2D eigenvalue weighted by molar-refractivity contribution is 0.589. The minimum atomic E-state index is 0.107. The molecule has 0 aliphatic rings. The van der Waals surface area contributed by atoms with E-state index in [1.54, 1.807) is 0 Å². The van der Waals surface area contributed by atoms with Crippen LogP contribution in [0.3, 0.4) is 0 Å². The number of benzene rings is 3. The first-order valence-corrected chi connectivity index (χ1v) is 9.97. The van der Waals surface area contributed by atoms with E-state index in [9.17, 15) is 0 Å². The van der Waals surface area contributed by atoms with Gasteiger partial charge in [-0.25, -0.2) is 0 Å². The lowest BCUT2D eigenvalue weighted by Gasteiger charge is -2.19. The Morgan fingerprint density at radius 2 is 1.59 bits per heavy atom. The van der Waals surface area contributed by atoms with Gasteiger partial charge in [-0.1, -0.05) is 74.8 Å². The molecule has 146 valence electrons. The highest BCUT2D eigenvalue weighted by atomic mass is 35.5. The van der Waals surface area contributed by atoms with Crippen molar-refractivity contribution in [2.45, 2.75) is 26.2 Å². The molecule has 0 unspecified atom stereocenters. The van der Waals surface area contributed by atoms with Crippen LogP contribution >= 0.6 is 11.6 Å². The first-order chi connectivity index (χ1) is 13.9. The largest absolute Gasteiger partial charge is 0.456 e. The highest BCUT2D eigenvalue weighted by Gasteiger charge is 2.14. The quantitative estimate of drug-likeness (QED) is 0.375. The summed E-state index contributed by atoms with van der Waals surface area (Å²) in [7, 11) is 0. The fourth-order valence-corrected chi connectivity index (χ4v) is 3.32. The van der Waals surface area contributed by atoms with Gasteiger partial charge in [0.25, 0.3) is 0 Å². The Hall–Kier alpha value is -3.04. The van der Waals surface area contributed by atoms with Gasteiger partial charge in [0.1, 0.15) is 11.3 Å². The van der Waals surface area contributed by atoms with E-state index in [4.69, 9.17) is 16.0 Å². The first kappa shape index (κ1) is 19.3. The second-order valence-electron chi connectivity index (χ2n) is 8.05. The first-order valence-electron chi connectivity index (χ1n) is 9.59. The van der Waals surface area contributed by atoms with Gasteiger partial charge in [-0.05, 0) is 41.3 Å². The number of hydrogen-bond acceptors (Lipinski definition) is 3. The van der Waals surface area contributed by atoms with E-state index in [0.717, 1.165) is 33.3 Å². The van der Waals surface area contributed by atoms with E-state index >= 15 is 0 Å².